The van der Waals surface area contributed by atoms with Gasteiger partial charge in [0, 0.05) is 5.56 Å². The topological polar surface area (TPSA) is 50.1 Å². The van der Waals surface area contributed by atoms with Crippen molar-refractivity contribution in [3.05, 3.63) is 28.8 Å². The Hall–Kier alpha value is -1.96. The van der Waals surface area contributed by atoms with Crippen LogP contribution in [-0.4, -0.2) is 12.4 Å². The first kappa shape index (κ1) is 13.1. The number of rotatable bonds is 4. The summed E-state index contributed by atoms with van der Waals surface area (Å²) in [5.74, 6) is -0.334. The van der Waals surface area contributed by atoms with Gasteiger partial charge < -0.3 is 4.74 Å². The summed E-state index contributed by atoms with van der Waals surface area (Å²) in [6.07, 6.45) is -2.73. The third-order valence-electron chi connectivity index (χ3n) is 2.15. The highest BCUT2D eigenvalue weighted by atomic mass is 19.3. The van der Waals surface area contributed by atoms with Crippen LogP contribution >= 0.6 is 0 Å². The Balaban J connectivity index is 3.47. The first-order valence-electron chi connectivity index (χ1n) is 5.01. The molecular weight excluding hydrogens is 228 g/mol. The lowest BCUT2D eigenvalue weighted by atomic mass is 10.0. The van der Waals surface area contributed by atoms with Gasteiger partial charge in [-0.3, -0.25) is 4.79 Å². The van der Waals surface area contributed by atoms with Gasteiger partial charge in [-0.25, -0.2) is 8.78 Å². The van der Waals surface area contributed by atoms with E-state index in [9.17, 15) is 13.6 Å². The van der Waals surface area contributed by atoms with E-state index in [4.69, 9.17) is 10.00 Å². The molecule has 0 atom stereocenters. The molecule has 0 aliphatic rings. The molecule has 0 aromatic heterocycles. The van der Waals surface area contributed by atoms with E-state index in [-0.39, 0.29) is 29.0 Å². The molecule has 0 bridgehead atoms. The van der Waals surface area contributed by atoms with Crippen molar-refractivity contribution in [2.75, 3.05) is 6.61 Å². The van der Waals surface area contributed by atoms with E-state index in [2.05, 4.69) is 0 Å². The van der Waals surface area contributed by atoms with Gasteiger partial charge in [-0.1, -0.05) is 0 Å². The smallest absolute Gasteiger partial charge is 0.263 e. The summed E-state index contributed by atoms with van der Waals surface area (Å²) in [5.41, 5.74) is -0.383. The number of hydrogen-bond donors (Lipinski definition) is 0. The van der Waals surface area contributed by atoms with Crippen molar-refractivity contribution in [2.24, 2.45) is 0 Å². The van der Waals surface area contributed by atoms with Crippen LogP contribution in [0.15, 0.2) is 12.1 Å². The van der Waals surface area contributed by atoms with Gasteiger partial charge in [-0.15, -0.1) is 0 Å². The number of nitriles is 1. The zero-order valence-electron chi connectivity index (χ0n) is 9.46. The number of carbonyl (C=O) groups is 1. The number of hydrogen-bond acceptors (Lipinski definition) is 3. The van der Waals surface area contributed by atoms with Crippen LogP contribution in [0.4, 0.5) is 8.78 Å². The summed E-state index contributed by atoms with van der Waals surface area (Å²) < 4.78 is 30.3. The highest BCUT2D eigenvalue weighted by Crippen LogP contribution is 2.30. The van der Waals surface area contributed by atoms with E-state index in [0.29, 0.717) is 0 Å². The maximum Gasteiger partial charge on any atom is 0.263 e. The molecule has 0 aliphatic heterocycles. The van der Waals surface area contributed by atoms with Crippen molar-refractivity contribution in [1.82, 2.24) is 0 Å². The van der Waals surface area contributed by atoms with Crippen LogP contribution in [0.5, 0.6) is 5.75 Å². The lowest BCUT2D eigenvalue weighted by Crippen LogP contribution is -2.04. The van der Waals surface area contributed by atoms with Crippen LogP contribution in [0.25, 0.3) is 0 Å². The van der Waals surface area contributed by atoms with Gasteiger partial charge in [-0.05, 0) is 26.0 Å². The van der Waals surface area contributed by atoms with Gasteiger partial charge in [0.1, 0.15) is 11.8 Å². The molecule has 17 heavy (non-hydrogen) atoms. The second-order valence-corrected chi connectivity index (χ2v) is 3.35. The van der Waals surface area contributed by atoms with Crippen LogP contribution in [0, 0.1) is 11.3 Å². The molecule has 3 nitrogen and oxygen atoms in total. The number of ketones is 1. The number of halogens is 2. The van der Waals surface area contributed by atoms with Crippen molar-refractivity contribution in [1.29, 1.82) is 5.26 Å². The second-order valence-electron chi connectivity index (χ2n) is 3.35. The van der Waals surface area contributed by atoms with Gasteiger partial charge >= 0.3 is 0 Å². The third-order valence-corrected chi connectivity index (χ3v) is 2.15. The Morgan fingerprint density at radius 3 is 2.59 bits per heavy atom. The Kier molecular flexibility index (Phi) is 4.16. The highest BCUT2D eigenvalue weighted by Gasteiger charge is 2.19. The van der Waals surface area contributed by atoms with E-state index in [1.165, 1.54) is 6.92 Å². The van der Waals surface area contributed by atoms with Crippen LogP contribution in [0.1, 0.15) is 41.8 Å². The maximum absolute atomic E-state index is 12.6. The normalized spacial score (nSPS) is 10.1. The maximum atomic E-state index is 12.6. The second kappa shape index (κ2) is 5.39. The molecule has 0 amide bonds. The lowest BCUT2D eigenvalue weighted by molar-refractivity contribution is 0.101. The number of nitrogens with zero attached hydrogens (tertiary/aromatic N) is 1. The highest BCUT2D eigenvalue weighted by molar-refractivity contribution is 5.97. The standard InChI is InChI=1S/C12H11F2NO2/c1-3-17-11-9(6-15)4-8(12(13)14)5-10(11)7(2)16/h4-5,12H,3H2,1-2H3. The van der Waals surface area contributed by atoms with Gasteiger partial charge in [0.05, 0.1) is 17.7 Å². The fraction of sp³-hybridized carbons (Fsp3) is 0.333. The minimum atomic E-state index is -2.73. The number of Topliss-reactive ketones (excluding diaryl/α,β-unsaturated/α-hetero) is 1. The van der Waals surface area contributed by atoms with Crippen molar-refractivity contribution in [3.63, 3.8) is 0 Å². The summed E-state index contributed by atoms with van der Waals surface area (Å²) in [7, 11) is 0. The first-order chi connectivity index (χ1) is 8.01. The van der Waals surface area contributed by atoms with Crippen LogP contribution < -0.4 is 4.74 Å². The zero-order valence-corrected chi connectivity index (χ0v) is 9.46. The average Bonchev–Trinajstić information content (AvgIpc) is 2.28. The summed E-state index contributed by atoms with van der Waals surface area (Å²) in [5, 5.41) is 8.87. The van der Waals surface area contributed by atoms with Crippen molar-refractivity contribution in [2.45, 2.75) is 20.3 Å². The Morgan fingerprint density at radius 2 is 2.18 bits per heavy atom. The van der Waals surface area contributed by atoms with E-state index in [0.717, 1.165) is 12.1 Å². The fourth-order valence-corrected chi connectivity index (χ4v) is 1.42. The Morgan fingerprint density at radius 1 is 1.53 bits per heavy atom. The number of ether oxygens (including phenoxy) is 1. The van der Waals surface area contributed by atoms with Gasteiger partial charge in [0.15, 0.2) is 5.78 Å². The van der Waals surface area contributed by atoms with Crippen molar-refractivity contribution < 1.29 is 18.3 Å². The quantitative estimate of drug-likeness (QED) is 0.758. The summed E-state index contributed by atoms with van der Waals surface area (Å²) in [6, 6.07) is 3.87. The van der Waals surface area contributed by atoms with Gasteiger partial charge in [0.2, 0.25) is 0 Å². The molecule has 5 heteroatoms. The molecule has 0 unspecified atom stereocenters. The molecular formula is C12H11F2NO2. The minimum absolute atomic E-state index is 0.0150. The number of alkyl halides is 2. The van der Waals surface area contributed by atoms with E-state index in [1.54, 1.807) is 13.0 Å². The number of benzene rings is 1. The average molecular weight is 239 g/mol. The molecule has 0 spiro atoms. The Bertz CT molecular complexity index is 478. The lowest BCUT2D eigenvalue weighted by Gasteiger charge is -2.12. The molecule has 1 rings (SSSR count). The monoisotopic (exact) mass is 239 g/mol. The third kappa shape index (κ3) is 2.78. The van der Waals surface area contributed by atoms with E-state index in [1.807, 2.05) is 0 Å². The van der Waals surface area contributed by atoms with E-state index >= 15 is 0 Å². The van der Waals surface area contributed by atoms with Crippen molar-refractivity contribution in [3.8, 4) is 11.8 Å². The predicted octanol–water partition coefficient (Wildman–Crippen LogP) is 3.10. The molecule has 0 heterocycles. The van der Waals surface area contributed by atoms with Crippen molar-refractivity contribution >= 4 is 5.78 Å². The molecule has 0 fully saturated rings. The molecule has 0 N–H and O–H groups in total. The van der Waals surface area contributed by atoms with Gasteiger partial charge in [0.25, 0.3) is 6.43 Å². The van der Waals surface area contributed by atoms with Gasteiger partial charge in [-0.2, -0.15) is 5.26 Å². The van der Waals surface area contributed by atoms with E-state index < -0.39 is 12.2 Å². The first-order valence-corrected chi connectivity index (χ1v) is 5.01. The largest absolute Gasteiger partial charge is 0.492 e. The molecule has 1 aromatic rings. The molecule has 0 saturated heterocycles. The number of carbonyl (C=O) groups excluding carboxylic acids is 1. The molecule has 90 valence electrons. The zero-order chi connectivity index (χ0) is 13.0. The Labute approximate surface area is 97.6 Å². The van der Waals surface area contributed by atoms with Crippen LogP contribution in [-0.2, 0) is 0 Å². The fourth-order valence-electron chi connectivity index (χ4n) is 1.42. The predicted molar refractivity (Wildman–Crippen MR) is 57.3 cm³/mol. The summed E-state index contributed by atoms with van der Waals surface area (Å²) in [4.78, 5) is 11.3. The molecule has 0 saturated carbocycles. The minimum Gasteiger partial charge on any atom is -0.492 e. The molecule has 0 aliphatic carbocycles. The van der Waals surface area contributed by atoms with Crippen LogP contribution in [0.2, 0.25) is 0 Å². The summed E-state index contributed by atoms with van der Waals surface area (Å²) >= 11 is 0. The molecule has 1 aromatic carbocycles. The molecule has 0 radical (unpaired) electrons. The SMILES string of the molecule is CCOc1c(C#N)cc(C(F)F)cc1C(C)=O. The van der Waals surface area contributed by atoms with Crippen LogP contribution in [0.3, 0.4) is 0 Å². The summed E-state index contributed by atoms with van der Waals surface area (Å²) in [6.45, 7) is 3.18.